The average Bonchev–Trinajstić information content (AvgIpc) is 3.26. The van der Waals surface area contributed by atoms with Crippen LogP contribution in [0.1, 0.15) is 37.0 Å². The Kier molecular flexibility index (Phi) is 5.24. The quantitative estimate of drug-likeness (QED) is 0.832. The lowest BCUT2D eigenvalue weighted by atomic mass is 10.2. The first-order chi connectivity index (χ1) is 10.4. The first kappa shape index (κ1) is 16.5. The highest BCUT2D eigenvalue weighted by molar-refractivity contribution is 6.32. The van der Waals surface area contributed by atoms with Gasteiger partial charge in [0.05, 0.1) is 12.2 Å². The van der Waals surface area contributed by atoms with Crippen molar-refractivity contribution in [2.45, 2.75) is 32.7 Å². The van der Waals surface area contributed by atoms with Crippen LogP contribution in [0.15, 0.2) is 12.3 Å². The highest BCUT2D eigenvalue weighted by Gasteiger charge is 2.34. The van der Waals surface area contributed by atoms with Gasteiger partial charge in [-0.05, 0) is 24.8 Å². The van der Waals surface area contributed by atoms with E-state index in [1.807, 2.05) is 13.8 Å². The topological polar surface area (TPSA) is 79.7 Å². The Balaban J connectivity index is 2.12. The van der Waals surface area contributed by atoms with Gasteiger partial charge in [-0.1, -0.05) is 25.4 Å². The van der Waals surface area contributed by atoms with Crippen molar-refractivity contribution in [1.29, 1.82) is 0 Å². The van der Waals surface area contributed by atoms with Crippen LogP contribution in [0.4, 0.5) is 0 Å². The number of carboxylic acids is 1. The van der Waals surface area contributed by atoms with Crippen LogP contribution in [-0.2, 0) is 4.79 Å². The molecule has 6 nitrogen and oxygen atoms in total. The molecule has 0 aromatic carbocycles. The molecular weight excluding hydrogens is 308 g/mol. The van der Waals surface area contributed by atoms with E-state index in [9.17, 15) is 9.59 Å². The zero-order valence-electron chi connectivity index (χ0n) is 12.6. The van der Waals surface area contributed by atoms with Crippen LogP contribution in [0.25, 0.3) is 0 Å². The summed E-state index contributed by atoms with van der Waals surface area (Å²) < 4.78 is 5.46. The molecule has 0 bridgehead atoms. The Morgan fingerprint density at radius 3 is 2.68 bits per heavy atom. The molecule has 0 unspecified atom stereocenters. The third-order valence-corrected chi connectivity index (χ3v) is 3.43. The largest absolute Gasteiger partial charge is 0.480 e. The Bertz CT molecular complexity index is 573. The van der Waals surface area contributed by atoms with Crippen LogP contribution in [0.3, 0.4) is 0 Å². The lowest BCUT2D eigenvalue weighted by Gasteiger charge is -2.20. The number of carbonyl (C=O) groups is 2. The first-order valence-corrected chi connectivity index (χ1v) is 7.57. The molecule has 0 spiro atoms. The molecule has 2 rings (SSSR count). The summed E-state index contributed by atoms with van der Waals surface area (Å²) in [7, 11) is 0. The number of hydrogen-bond acceptors (Lipinski definition) is 4. The second kappa shape index (κ2) is 6.96. The average molecular weight is 327 g/mol. The van der Waals surface area contributed by atoms with Crippen molar-refractivity contribution in [3.05, 3.63) is 22.8 Å². The van der Waals surface area contributed by atoms with Gasteiger partial charge in [0.15, 0.2) is 0 Å². The fourth-order valence-corrected chi connectivity index (χ4v) is 2.18. The summed E-state index contributed by atoms with van der Waals surface area (Å²) in [5.41, 5.74) is 0.273. The number of nitrogens with zero attached hydrogens (tertiary/aromatic N) is 2. The summed E-state index contributed by atoms with van der Waals surface area (Å²) in [5.74, 6) is -0.783. The van der Waals surface area contributed by atoms with E-state index in [1.165, 1.54) is 17.2 Å². The number of aromatic nitrogens is 1. The summed E-state index contributed by atoms with van der Waals surface area (Å²) in [6.45, 7) is 4.18. The lowest BCUT2D eigenvalue weighted by molar-refractivity contribution is -0.137. The second-order valence-corrected chi connectivity index (χ2v) is 6.18. The summed E-state index contributed by atoms with van der Waals surface area (Å²) >= 11 is 6.09. The predicted octanol–water partition coefficient (Wildman–Crippen LogP) is 2.46. The van der Waals surface area contributed by atoms with Crippen molar-refractivity contribution in [2.24, 2.45) is 5.92 Å². The van der Waals surface area contributed by atoms with Crippen molar-refractivity contribution >= 4 is 23.5 Å². The van der Waals surface area contributed by atoms with Gasteiger partial charge in [0.25, 0.3) is 5.91 Å². The smallest absolute Gasteiger partial charge is 0.323 e. The predicted molar refractivity (Wildman–Crippen MR) is 81.3 cm³/mol. The van der Waals surface area contributed by atoms with Gasteiger partial charge < -0.3 is 14.7 Å². The Morgan fingerprint density at radius 2 is 2.18 bits per heavy atom. The molecule has 120 valence electrons. The summed E-state index contributed by atoms with van der Waals surface area (Å²) in [5, 5.41) is 9.17. The zero-order valence-corrected chi connectivity index (χ0v) is 13.3. The number of hydrogen-bond donors (Lipinski definition) is 1. The summed E-state index contributed by atoms with van der Waals surface area (Å²) in [6, 6.07) is 1.48. The van der Waals surface area contributed by atoms with E-state index in [2.05, 4.69) is 4.98 Å². The molecule has 1 saturated carbocycles. The molecule has 0 saturated heterocycles. The molecular formula is C15H19ClN2O4. The van der Waals surface area contributed by atoms with Crippen molar-refractivity contribution in [3.63, 3.8) is 0 Å². The molecule has 1 aliphatic rings. The zero-order chi connectivity index (χ0) is 16.3. The molecule has 1 aliphatic carbocycles. The third kappa shape index (κ3) is 4.34. The molecule has 0 aliphatic heterocycles. The molecule has 7 heteroatoms. The number of amides is 1. The third-order valence-electron chi connectivity index (χ3n) is 3.16. The Hall–Kier alpha value is -1.82. The Morgan fingerprint density at radius 1 is 1.50 bits per heavy atom. The molecule has 0 atom stereocenters. The number of ether oxygens (including phenoxy) is 1. The van der Waals surface area contributed by atoms with Crippen LogP contribution in [-0.4, -0.2) is 46.1 Å². The van der Waals surface area contributed by atoms with Crippen molar-refractivity contribution in [3.8, 4) is 5.88 Å². The van der Waals surface area contributed by atoms with E-state index in [4.69, 9.17) is 21.4 Å². The van der Waals surface area contributed by atoms with Gasteiger partial charge in [0, 0.05) is 12.2 Å². The van der Waals surface area contributed by atoms with Crippen LogP contribution in [0.2, 0.25) is 5.02 Å². The number of carbonyl (C=O) groups excluding carboxylic acids is 1. The first-order valence-electron chi connectivity index (χ1n) is 7.19. The summed E-state index contributed by atoms with van der Waals surface area (Å²) in [4.78, 5) is 28.7. The van der Waals surface area contributed by atoms with E-state index in [-0.39, 0.29) is 35.0 Å². The number of halogens is 1. The maximum atomic E-state index is 12.4. The summed E-state index contributed by atoms with van der Waals surface area (Å²) in [6.07, 6.45) is 3.03. The molecule has 1 aromatic heterocycles. The molecule has 0 radical (unpaired) electrons. The van der Waals surface area contributed by atoms with Crippen LogP contribution in [0, 0.1) is 5.92 Å². The standard InChI is InChI=1S/C15H19ClN2O4/c1-9(2)8-22-14-12(16)5-10(6-17-14)15(21)18(7-13(19)20)11-3-4-11/h5-6,9,11H,3-4,7-8H2,1-2H3,(H,19,20). The monoisotopic (exact) mass is 326 g/mol. The van der Waals surface area contributed by atoms with Gasteiger partial charge >= 0.3 is 5.97 Å². The van der Waals surface area contributed by atoms with Crippen molar-refractivity contribution in [1.82, 2.24) is 9.88 Å². The minimum absolute atomic E-state index is 0.000701. The fourth-order valence-electron chi connectivity index (χ4n) is 1.96. The minimum atomic E-state index is -1.03. The molecule has 1 fully saturated rings. The van der Waals surface area contributed by atoms with E-state index in [1.54, 1.807) is 0 Å². The second-order valence-electron chi connectivity index (χ2n) is 5.77. The number of aliphatic carboxylic acids is 1. The van der Waals surface area contributed by atoms with Gasteiger partial charge in [-0.2, -0.15) is 0 Å². The van der Waals surface area contributed by atoms with Gasteiger partial charge in [0.1, 0.15) is 11.6 Å². The maximum Gasteiger partial charge on any atom is 0.323 e. The van der Waals surface area contributed by atoms with Crippen molar-refractivity contribution in [2.75, 3.05) is 13.2 Å². The van der Waals surface area contributed by atoms with Crippen molar-refractivity contribution < 1.29 is 19.4 Å². The van der Waals surface area contributed by atoms with Crippen LogP contribution < -0.4 is 4.74 Å². The van der Waals surface area contributed by atoms with Crippen LogP contribution >= 0.6 is 11.6 Å². The van der Waals surface area contributed by atoms with E-state index in [0.717, 1.165) is 12.8 Å². The van der Waals surface area contributed by atoms with E-state index < -0.39 is 5.97 Å². The van der Waals surface area contributed by atoms with Gasteiger partial charge in [-0.15, -0.1) is 0 Å². The van der Waals surface area contributed by atoms with E-state index in [0.29, 0.717) is 12.5 Å². The van der Waals surface area contributed by atoms with E-state index >= 15 is 0 Å². The number of rotatable bonds is 7. The van der Waals surface area contributed by atoms with Gasteiger partial charge in [0.2, 0.25) is 5.88 Å². The number of pyridine rings is 1. The minimum Gasteiger partial charge on any atom is -0.480 e. The Labute approximate surface area is 134 Å². The van der Waals surface area contributed by atoms with Crippen LogP contribution in [0.5, 0.6) is 5.88 Å². The lowest BCUT2D eigenvalue weighted by Crippen LogP contribution is -2.37. The van der Waals surface area contributed by atoms with Gasteiger partial charge in [-0.3, -0.25) is 9.59 Å². The normalized spacial score (nSPS) is 14.0. The number of carboxylic acid groups (broad SMARTS) is 1. The molecule has 1 N–H and O–H groups in total. The molecule has 1 aromatic rings. The maximum absolute atomic E-state index is 12.4. The van der Waals surface area contributed by atoms with Gasteiger partial charge in [-0.25, -0.2) is 4.98 Å². The molecule has 22 heavy (non-hydrogen) atoms. The fraction of sp³-hybridized carbons (Fsp3) is 0.533. The highest BCUT2D eigenvalue weighted by Crippen LogP contribution is 2.29. The highest BCUT2D eigenvalue weighted by atomic mass is 35.5. The molecule has 1 amide bonds. The molecule has 1 heterocycles. The SMILES string of the molecule is CC(C)COc1ncc(C(=O)N(CC(=O)O)C2CC2)cc1Cl.